The molecule has 3 nitrogen and oxygen atoms in total. The zero-order valence-electron chi connectivity index (χ0n) is 14.6. The first kappa shape index (κ1) is 17.2. The van der Waals surface area contributed by atoms with Crippen LogP contribution in [0.3, 0.4) is 0 Å². The topological polar surface area (TPSA) is 35.5 Å². The normalized spacial score (nSPS) is 35.9. The van der Waals surface area contributed by atoms with Gasteiger partial charge in [-0.2, -0.15) is 0 Å². The number of likely N-dealkylation sites (tertiary alicyclic amines) is 1. The summed E-state index contributed by atoms with van der Waals surface area (Å²) < 4.78 is 0. The fraction of sp³-hybridized carbons (Fsp3) is 1.00. The van der Waals surface area contributed by atoms with Gasteiger partial charge in [0.05, 0.1) is 0 Å². The summed E-state index contributed by atoms with van der Waals surface area (Å²) in [7, 11) is 2.13. The minimum Gasteiger partial charge on any atom is -0.396 e. The SMILES string of the molecule is CNC1CCC(C(C)(C)C)CC1CN1CCCC(CO)C1. The quantitative estimate of drug-likeness (QED) is 0.837. The molecule has 1 aliphatic heterocycles. The van der Waals surface area contributed by atoms with Gasteiger partial charge in [0.15, 0.2) is 0 Å². The van der Waals surface area contributed by atoms with Crippen LogP contribution >= 0.6 is 0 Å². The Balaban J connectivity index is 1.94. The Kier molecular flexibility index (Phi) is 6.10. The Morgan fingerprint density at radius 1 is 1.19 bits per heavy atom. The third-order valence-corrected chi connectivity index (χ3v) is 5.93. The Labute approximate surface area is 131 Å². The minimum absolute atomic E-state index is 0.362. The summed E-state index contributed by atoms with van der Waals surface area (Å²) in [6, 6.07) is 0.679. The van der Waals surface area contributed by atoms with Crippen molar-refractivity contribution < 1.29 is 5.11 Å². The second-order valence-corrected chi connectivity index (χ2v) is 8.48. The van der Waals surface area contributed by atoms with Gasteiger partial charge in [-0.05, 0) is 68.9 Å². The van der Waals surface area contributed by atoms with Gasteiger partial charge in [0.25, 0.3) is 0 Å². The van der Waals surface area contributed by atoms with Crippen molar-refractivity contribution >= 4 is 0 Å². The van der Waals surface area contributed by atoms with E-state index in [0.717, 1.165) is 18.4 Å². The van der Waals surface area contributed by atoms with Gasteiger partial charge in [-0.15, -0.1) is 0 Å². The predicted molar refractivity (Wildman–Crippen MR) is 89.4 cm³/mol. The van der Waals surface area contributed by atoms with Gasteiger partial charge in [0.1, 0.15) is 0 Å². The van der Waals surface area contributed by atoms with Crippen LogP contribution in [0, 0.1) is 23.2 Å². The molecule has 0 bridgehead atoms. The van der Waals surface area contributed by atoms with E-state index in [1.54, 1.807) is 0 Å². The number of nitrogens with zero attached hydrogens (tertiary/aromatic N) is 1. The van der Waals surface area contributed by atoms with Crippen LogP contribution in [0.15, 0.2) is 0 Å². The molecule has 0 radical (unpaired) electrons. The van der Waals surface area contributed by atoms with Crippen molar-refractivity contribution in [2.24, 2.45) is 23.2 Å². The van der Waals surface area contributed by atoms with Gasteiger partial charge in [-0.25, -0.2) is 0 Å². The lowest BCUT2D eigenvalue weighted by molar-refractivity contribution is 0.0630. The second kappa shape index (κ2) is 7.43. The van der Waals surface area contributed by atoms with Gasteiger partial charge >= 0.3 is 0 Å². The first-order chi connectivity index (χ1) is 9.94. The molecule has 1 aliphatic carbocycles. The molecule has 1 heterocycles. The summed E-state index contributed by atoms with van der Waals surface area (Å²) in [5.41, 5.74) is 0.437. The molecule has 4 unspecified atom stereocenters. The number of hydrogen-bond donors (Lipinski definition) is 2. The Bertz CT molecular complexity index is 313. The third-order valence-electron chi connectivity index (χ3n) is 5.93. The van der Waals surface area contributed by atoms with Crippen molar-refractivity contribution in [1.29, 1.82) is 0 Å². The first-order valence-corrected chi connectivity index (χ1v) is 8.94. The van der Waals surface area contributed by atoms with Crippen LogP contribution in [-0.4, -0.2) is 49.3 Å². The molecular weight excluding hydrogens is 260 g/mol. The van der Waals surface area contributed by atoms with E-state index in [1.165, 1.54) is 45.2 Å². The standard InChI is InChI=1S/C18H36N2O/c1-18(2,3)16-7-8-17(19-4)15(10-16)12-20-9-5-6-14(11-20)13-21/h14-17,19,21H,5-13H2,1-4H3. The van der Waals surface area contributed by atoms with E-state index in [1.807, 2.05) is 0 Å². The lowest BCUT2D eigenvalue weighted by Crippen LogP contribution is -2.48. The van der Waals surface area contributed by atoms with E-state index >= 15 is 0 Å². The van der Waals surface area contributed by atoms with E-state index < -0.39 is 0 Å². The largest absolute Gasteiger partial charge is 0.396 e. The highest BCUT2D eigenvalue weighted by molar-refractivity contribution is 4.90. The number of aliphatic hydroxyl groups excluding tert-OH is 1. The summed E-state index contributed by atoms with van der Waals surface area (Å²) >= 11 is 0. The maximum atomic E-state index is 9.42. The molecule has 3 heteroatoms. The Morgan fingerprint density at radius 3 is 2.57 bits per heavy atom. The molecule has 4 atom stereocenters. The number of hydrogen-bond acceptors (Lipinski definition) is 3. The van der Waals surface area contributed by atoms with Crippen molar-refractivity contribution in [3.05, 3.63) is 0 Å². The Hall–Kier alpha value is -0.120. The van der Waals surface area contributed by atoms with Crippen LogP contribution in [0.1, 0.15) is 52.9 Å². The molecule has 0 aromatic rings. The third kappa shape index (κ3) is 4.67. The molecule has 1 saturated heterocycles. The lowest BCUT2D eigenvalue weighted by Gasteiger charge is -2.44. The van der Waals surface area contributed by atoms with Crippen LogP contribution in [0.5, 0.6) is 0 Å². The van der Waals surface area contributed by atoms with E-state index in [-0.39, 0.29) is 0 Å². The molecule has 0 aromatic heterocycles. The molecule has 124 valence electrons. The van der Waals surface area contributed by atoms with Crippen LogP contribution in [0.2, 0.25) is 0 Å². The van der Waals surface area contributed by atoms with Crippen molar-refractivity contribution in [2.45, 2.75) is 58.9 Å². The fourth-order valence-electron chi connectivity index (χ4n) is 4.43. The average Bonchev–Trinajstić information content (AvgIpc) is 2.46. The molecule has 21 heavy (non-hydrogen) atoms. The van der Waals surface area contributed by atoms with Gasteiger partial charge in [0, 0.05) is 25.7 Å². The number of aliphatic hydroxyl groups is 1. The number of rotatable bonds is 4. The summed E-state index contributed by atoms with van der Waals surface area (Å²) in [6.45, 7) is 11.1. The van der Waals surface area contributed by atoms with Gasteiger partial charge in [-0.1, -0.05) is 20.8 Å². The summed E-state index contributed by atoms with van der Waals surface area (Å²) in [5.74, 6) is 2.13. The van der Waals surface area contributed by atoms with Gasteiger partial charge in [0.2, 0.25) is 0 Å². The van der Waals surface area contributed by atoms with Crippen molar-refractivity contribution in [3.63, 3.8) is 0 Å². The maximum absolute atomic E-state index is 9.42. The number of piperidine rings is 1. The highest BCUT2D eigenvalue weighted by Gasteiger charge is 2.36. The second-order valence-electron chi connectivity index (χ2n) is 8.48. The van der Waals surface area contributed by atoms with Crippen molar-refractivity contribution in [1.82, 2.24) is 10.2 Å². The molecule has 1 saturated carbocycles. The molecule has 2 aliphatic rings. The highest BCUT2D eigenvalue weighted by atomic mass is 16.3. The summed E-state index contributed by atoms with van der Waals surface area (Å²) in [5, 5.41) is 13.0. The zero-order valence-corrected chi connectivity index (χ0v) is 14.6. The monoisotopic (exact) mass is 296 g/mol. The minimum atomic E-state index is 0.362. The van der Waals surface area contributed by atoms with Crippen LogP contribution in [-0.2, 0) is 0 Å². The van der Waals surface area contributed by atoms with E-state index in [2.05, 4.69) is 38.0 Å². The van der Waals surface area contributed by atoms with E-state index in [4.69, 9.17) is 0 Å². The lowest BCUT2D eigenvalue weighted by atomic mass is 9.67. The van der Waals surface area contributed by atoms with Crippen LogP contribution in [0.25, 0.3) is 0 Å². The summed E-state index contributed by atoms with van der Waals surface area (Å²) in [6.07, 6.45) is 6.50. The zero-order chi connectivity index (χ0) is 15.5. The van der Waals surface area contributed by atoms with Gasteiger partial charge < -0.3 is 15.3 Å². The van der Waals surface area contributed by atoms with Crippen molar-refractivity contribution in [2.75, 3.05) is 33.3 Å². The van der Waals surface area contributed by atoms with E-state index in [0.29, 0.717) is 24.0 Å². The fourth-order valence-corrected chi connectivity index (χ4v) is 4.43. The first-order valence-electron chi connectivity index (χ1n) is 8.94. The predicted octanol–water partition coefficient (Wildman–Crippen LogP) is 2.74. The molecule has 0 spiro atoms. The average molecular weight is 296 g/mol. The smallest absolute Gasteiger partial charge is 0.0471 e. The summed E-state index contributed by atoms with van der Waals surface area (Å²) in [4.78, 5) is 2.62. The number of nitrogens with one attached hydrogen (secondary N) is 1. The molecule has 2 N–H and O–H groups in total. The molecule has 0 amide bonds. The molecule has 0 aromatic carbocycles. The maximum Gasteiger partial charge on any atom is 0.0471 e. The van der Waals surface area contributed by atoms with E-state index in [9.17, 15) is 5.11 Å². The Morgan fingerprint density at radius 2 is 1.95 bits per heavy atom. The molecule has 2 rings (SSSR count). The highest BCUT2D eigenvalue weighted by Crippen LogP contribution is 2.40. The van der Waals surface area contributed by atoms with Crippen molar-refractivity contribution in [3.8, 4) is 0 Å². The van der Waals surface area contributed by atoms with Crippen LogP contribution < -0.4 is 5.32 Å². The van der Waals surface area contributed by atoms with Gasteiger partial charge in [-0.3, -0.25) is 0 Å². The molecular formula is C18H36N2O. The van der Waals surface area contributed by atoms with Crippen LogP contribution in [0.4, 0.5) is 0 Å². The molecule has 2 fully saturated rings.